The van der Waals surface area contributed by atoms with Gasteiger partial charge in [0, 0.05) is 35.1 Å². The Morgan fingerprint density at radius 3 is 2.46 bits per heavy atom. The van der Waals surface area contributed by atoms with Gasteiger partial charge in [-0.2, -0.15) is 5.26 Å². The van der Waals surface area contributed by atoms with E-state index < -0.39 is 0 Å². The topological polar surface area (TPSA) is 32.0 Å². The van der Waals surface area contributed by atoms with E-state index >= 15 is 0 Å². The third kappa shape index (κ3) is 4.88. The molecule has 0 radical (unpaired) electrons. The van der Waals surface area contributed by atoms with Gasteiger partial charge in [0.25, 0.3) is 0 Å². The van der Waals surface area contributed by atoms with Crippen molar-refractivity contribution < 1.29 is 0 Å². The van der Waals surface area contributed by atoms with Gasteiger partial charge < -0.3 is 9.47 Å². The maximum absolute atomic E-state index is 10.0. The van der Waals surface area contributed by atoms with Crippen molar-refractivity contribution in [2.75, 3.05) is 0 Å². The van der Waals surface area contributed by atoms with Gasteiger partial charge in [-0.25, -0.2) is 0 Å². The van der Waals surface area contributed by atoms with E-state index in [1.54, 1.807) is 39.4 Å². The van der Waals surface area contributed by atoms with E-state index in [0.29, 0.717) is 24.0 Å². The molecule has 7 aliphatic carbocycles. The molecule has 0 saturated heterocycles. The molecule has 2 heterocycles. The average Bonchev–Trinajstić information content (AvgIpc) is 3.65. The molecule has 0 spiro atoms. The van der Waals surface area contributed by atoms with Crippen molar-refractivity contribution in [3.63, 3.8) is 0 Å². The first-order chi connectivity index (χ1) is 22.8. The monoisotopic (exact) mass is 611 g/mol. The second kappa shape index (κ2) is 12.2. The number of rotatable bonds is 4. The number of aromatic nitrogens is 1. The predicted molar refractivity (Wildman–Crippen MR) is 188 cm³/mol. The maximum atomic E-state index is 10.0. The van der Waals surface area contributed by atoms with Crippen LogP contribution in [0, 0.1) is 40.9 Å². The van der Waals surface area contributed by atoms with E-state index in [4.69, 9.17) is 0 Å². The Morgan fingerprint density at radius 2 is 1.52 bits per heavy atom. The number of hydrogen-bond donors (Lipinski definition) is 0. The standard InChI is InChI=1S/C43H53N3/c44-28-31-12-1-2-15-35(31)30-14-11-13-29(24-30)32-25-33(45-40-20-7-3-16-36(40)37-17-4-8-21-41(37)45)27-34(26-32)46-42-22-9-5-18-38(42)39-19-6-10-23-43(39)46/h1,7-9,12,14,20-22,29,31-36,40H,2-6,10-11,13,15-19,23-27H2. The van der Waals surface area contributed by atoms with Crippen LogP contribution in [-0.2, 0) is 19.3 Å². The lowest BCUT2D eigenvalue weighted by Gasteiger charge is -2.48. The van der Waals surface area contributed by atoms with Crippen LogP contribution < -0.4 is 0 Å². The lowest BCUT2D eigenvalue weighted by molar-refractivity contribution is 0.0803. The minimum absolute atomic E-state index is 0.0679. The normalized spacial score (nSPS) is 36.5. The van der Waals surface area contributed by atoms with E-state index in [-0.39, 0.29) is 5.92 Å². The van der Waals surface area contributed by atoms with Gasteiger partial charge in [-0.15, -0.1) is 0 Å². The number of allylic oxidation sites excluding steroid dienone is 8. The Balaban J connectivity index is 1.09. The molecule has 8 unspecified atom stereocenters. The fourth-order valence-corrected chi connectivity index (χ4v) is 11.8. The van der Waals surface area contributed by atoms with E-state index in [1.807, 2.05) is 0 Å². The Labute approximate surface area is 277 Å². The number of fused-ring (bicyclic) bond motifs is 5. The summed E-state index contributed by atoms with van der Waals surface area (Å²) < 4.78 is 2.95. The second-order valence-electron chi connectivity index (χ2n) is 16.0. The van der Waals surface area contributed by atoms with Gasteiger partial charge in [-0.1, -0.05) is 48.1 Å². The summed E-state index contributed by atoms with van der Waals surface area (Å²) in [6.07, 6.45) is 45.0. The zero-order valence-electron chi connectivity index (χ0n) is 27.9. The quantitative estimate of drug-likeness (QED) is 0.317. The molecule has 0 N–H and O–H groups in total. The molecule has 46 heavy (non-hydrogen) atoms. The fourth-order valence-electron chi connectivity index (χ4n) is 11.8. The Hall–Kier alpha value is -2.99. The van der Waals surface area contributed by atoms with Crippen LogP contribution >= 0.6 is 0 Å². The van der Waals surface area contributed by atoms with Crippen molar-refractivity contribution >= 4 is 6.08 Å². The smallest absolute Gasteiger partial charge is 0.0708 e. The minimum atomic E-state index is 0.0679. The van der Waals surface area contributed by atoms with Crippen LogP contribution in [-0.4, -0.2) is 21.6 Å². The Bertz CT molecular complexity index is 1580. The van der Waals surface area contributed by atoms with Gasteiger partial charge in [0.1, 0.15) is 0 Å². The largest absolute Gasteiger partial charge is 0.361 e. The summed E-state index contributed by atoms with van der Waals surface area (Å²) in [5, 5.41) is 10.0. The lowest BCUT2D eigenvalue weighted by Crippen LogP contribution is -2.47. The molecule has 0 amide bonds. The molecule has 8 atom stereocenters. The summed E-state index contributed by atoms with van der Waals surface area (Å²) in [7, 11) is 0. The summed E-state index contributed by atoms with van der Waals surface area (Å²) in [5.41, 5.74) is 11.8. The molecule has 1 saturated carbocycles. The van der Waals surface area contributed by atoms with Gasteiger partial charge >= 0.3 is 0 Å². The molecule has 1 aromatic heterocycles. The van der Waals surface area contributed by atoms with E-state index in [1.165, 1.54) is 103 Å². The van der Waals surface area contributed by atoms with Gasteiger partial charge in [0.15, 0.2) is 0 Å². The van der Waals surface area contributed by atoms with Crippen LogP contribution in [0.25, 0.3) is 6.08 Å². The van der Waals surface area contributed by atoms with Crippen LogP contribution in [0.15, 0.2) is 65.5 Å². The van der Waals surface area contributed by atoms with Crippen molar-refractivity contribution in [3.8, 4) is 6.07 Å². The summed E-state index contributed by atoms with van der Waals surface area (Å²) in [5.74, 6) is 2.71. The number of nitriles is 1. The highest BCUT2D eigenvalue weighted by Crippen LogP contribution is 2.52. The van der Waals surface area contributed by atoms with Crippen LogP contribution in [0.5, 0.6) is 0 Å². The average molecular weight is 612 g/mol. The molecule has 240 valence electrons. The third-order valence-electron chi connectivity index (χ3n) is 13.7. The predicted octanol–water partition coefficient (Wildman–Crippen LogP) is 10.1. The van der Waals surface area contributed by atoms with Crippen LogP contribution in [0.1, 0.15) is 125 Å². The van der Waals surface area contributed by atoms with Gasteiger partial charge in [-0.3, -0.25) is 0 Å². The molecule has 1 aromatic rings. The van der Waals surface area contributed by atoms with Crippen LogP contribution in [0.4, 0.5) is 0 Å². The highest BCUT2D eigenvalue weighted by atomic mass is 15.2. The molecular formula is C43H53N3. The van der Waals surface area contributed by atoms with E-state index in [9.17, 15) is 5.26 Å². The highest BCUT2D eigenvalue weighted by molar-refractivity contribution is 5.59. The van der Waals surface area contributed by atoms with Crippen molar-refractivity contribution in [2.45, 2.75) is 134 Å². The molecule has 3 nitrogen and oxygen atoms in total. The van der Waals surface area contributed by atoms with Crippen molar-refractivity contribution in [1.82, 2.24) is 9.47 Å². The van der Waals surface area contributed by atoms with Gasteiger partial charge in [0.05, 0.1) is 18.0 Å². The van der Waals surface area contributed by atoms with Crippen molar-refractivity contribution in [1.29, 1.82) is 5.26 Å². The number of hydrogen-bond acceptors (Lipinski definition) is 2. The first-order valence-electron chi connectivity index (χ1n) is 19.3. The minimum Gasteiger partial charge on any atom is -0.361 e. The molecule has 8 aliphatic rings. The molecule has 0 aromatic carbocycles. The maximum Gasteiger partial charge on any atom is 0.0708 e. The Kier molecular flexibility index (Phi) is 7.76. The summed E-state index contributed by atoms with van der Waals surface area (Å²) >= 11 is 0. The van der Waals surface area contributed by atoms with E-state index in [0.717, 1.165) is 30.6 Å². The zero-order valence-corrected chi connectivity index (χ0v) is 27.9. The zero-order chi connectivity index (χ0) is 30.6. The van der Waals surface area contributed by atoms with E-state index in [2.05, 4.69) is 70.2 Å². The first-order valence-corrected chi connectivity index (χ1v) is 19.3. The summed E-state index contributed by atoms with van der Waals surface area (Å²) in [6.45, 7) is 0. The SMILES string of the molecule is N#CC1C=CCCC1C1=CCCC(C2CC(N3C4=C(CCC=C4)C4CCC=CC43)CC(n3c4c(c5c3CCCC5)CCC=C4)C2)C1. The number of nitrogens with zero attached hydrogens (tertiary/aromatic N) is 3. The second-order valence-corrected chi connectivity index (χ2v) is 16.0. The van der Waals surface area contributed by atoms with Crippen molar-refractivity contribution in [2.24, 2.45) is 29.6 Å². The highest BCUT2D eigenvalue weighted by Gasteiger charge is 2.47. The molecule has 1 aliphatic heterocycles. The summed E-state index contributed by atoms with van der Waals surface area (Å²) in [6, 6.07) is 4.41. The van der Waals surface area contributed by atoms with Crippen LogP contribution in [0.3, 0.4) is 0 Å². The van der Waals surface area contributed by atoms with Crippen molar-refractivity contribution in [3.05, 3.63) is 88.0 Å². The molecule has 0 bridgehead atoms. The first kappa shape index (κ1) is 29.2. The Morgan fingerprint density at radius 1 is 0.696 bits per heavy atom. The summed E-state index contributed by atoms with van der Waals surface area (Å²) in [4.78, 5) is 2.99. The molecule has 9 rings (SSSR count). The molecule has 1 fully saturated rings. The third-order valence-corrected chi connectivity index (χ3v) is 13.7. The fraction of sp³-hybridized carbons (Fsp3) is 0.605. The molecule has 3 heteroatoms. The van der Waals surface area contributed by atoms with Crippen LogP contribution in [0.2, 0.25) is 0 Å². The van der Waals surface area contributed by atoms with Gasteiger partial charge in [0.2, 0.25) is 0 Å². The van der Waals surface area contributed by atoms with Gasteiger partial charge in [-0.05, 0) is 162 Å². The lowest BCUT2D eigenvalue weighted by atomic mass is 9.67. The molecular weight excluding hydrogens is 558 g/mol.